The molecule has 0 aromatic carbocycles. The fraction of sp³-hybridized carbons (Fsp3) is 0.714. The maximum absolute atomic E-state index is 12.1. The Morgan fingerprint density at radius 1 is 1.53 bits per heavy atom. The van der Waals surface area contributed by atoms with Crippen LogP contribution in [0.1, 0.15) is 44.6 Å². The second-order valence-corrected chi connectivity index (χ2v) is 5.46. The molecule has 3 heteroatoms. The zero-order valence-corrected chi connectivity index (χ0v) is 10.9. The molecule has 0 spiro atoms. The molecule has 2 unspecified atom stereocenters. The lowest BCUT2D eigenvalue weighted by Gasteiger charge is -2.25. The van der Waals surface area contributed by atoms with Gasteiger partial charge in [-0.15, -0.1) is 0 Å². The standard InChI is InChI=1S/C14H22N2O/c1-11-4-3-5-13(8-11)14(17)7-6-12-9-15-16(2)10-12/h9-11,13H,3-8H2,1-2H3. The van der Waals surface area contributed by atoms with Crippen LogP contribution in [0.25, 0.3) is 0 Å². The van der Waals surface area contributed by atoms with E-state index in [2.05, 4.69) is 12.0 Å². The summed E-state index contributed by atoms with van der Waals surface area (Å²) in [5.74, 6) is 1.52. The number of carbonyl (C=O) groups is 1. The number of carbonyl (C=O) groups excluding carboxylic acids is 1. The molecule has 1 aliphatic rings. The van der Waals surface area contributed by atoms with Crippen molar-refractivity contribution in [2.24, 2.45) is 18.9 Å². The number of rotatable bonds is 4. The molecule has 2 rings (SSSR count). The Morgan fingerprint density at radius 3 is 3.00 bits per heavy atom. The van der Waals surface area contributed by atoms with Gasteiger partial charge in [-0.05, 0) is 30.7 Å². The highest BCUT2D eigenvalue weighted by molar-refractivity contribution is 5.81. The Bertz CT molecular complexity index is 383. The molecule has 1 aromatic heterocycles. The van der Waals surface area contributed by atoms with Crippen LogP contribution in [0.15, 0.2) is 12.4 Å². The maximum Gasteiger partial charge on any atom is 0.136 e. The molecule has 0 aliphatic heterocycles. The smallest absolute Gasteiger partial charge is 0.136 e. The molecule has 0 amide bonds. The molecule has 1 saturated carbocycles. The molecular weight excluding hydrogens is 212 g/mol. The molecular formula is C14H22N2O. The lowest BCUT2D eigenvalue weighted by atomic mass is 9.79. The van der Waals surface area contributed by atoms with Crippen LogP contribution in [0.3, 0.4) is 0 Å². The first-order valence-corrected chi connectivity index (χ1v) is 6.65. The lowest BCUT2D eigenvalue weighted by molar-refractivity contribution is -0.124. The first kappa shape index (κ1) is 12.3. The van der Waals surface area contributed by atoms with Crippen molar-refractivity contribution in [2.45, 2.75) is 45.4 Å². The van der Waals surface area contributed by atoms with Gasteiger partial charge in [0, 0.05) is 25.6 Å². The topological polar surface area (TPSA) is 34.9 Å². The Morgan fingerprint density at radius 2 is 2.35 bits per heavy atom. The number of nitrogens with zero attached hydrogens (tertiary/aromatic N) is 2. The molecule has 0 saturated heterocycles. The maximum atomic E-state index is 12.1. The number of hydrogen-bond acceptors (Lipinski definition) is 2. The van der Waals surface area contributed by atoms with Gasteiger partial charge in [-0.1, -0.05) is 19.8 Å². The minimum absolute atomic E-state index is 0.329. The highest BCUT2D eigenvalue weighted by atomic mass is 16.1. The summed E-state index contributed by atoms with van der Waals surface area (Å²) in [6, 6.07) is 0. The van der Waals surface area contributed by atoms with Crippen molar-refractivity contribution in [3.05, 3.63) is 18.0 Å². The quantitative estimate of drug-likeness (QED) is 0.803. The molecule has 3 nitrogen and oxygen atoms in total. The van der Waals surface area contributed by atoms with E-state index in [1.807, 2.05) is 19.4 Å². The second kappa shape index (κ2) is 5.48. The van der Waals surface area contributed by atoms with Crippen molar-refractivity contribution in [1.29, 1.82) is 0 Å². The van der Waals surface area contributed by atoms with E-state index in [0.29, 0.717) is 18.1 Å². The number of ketones is 1. The van der Waals surface area contributed by atoms with Gasteiger partial charge in [0.1, 0.15) is 5.78 Å². The summed E-state index contributed by atoms with van der Waals surface area (Å²) in [4.78, 5) is 12.1. The van der Waals surface area contributed by atoms with Gasteiger partial charge in [0.15, 0.2) is 0 Å². The van der Waals surface area contributed by atoms with Crippen molar-refractivity contribution in [1.82, 2.24) is 9.78 Å². The van der Waals surface area contributed by atoms with Crippen molar-refractivity contribution in [3.8, 4) is 0 Å². The molecule has 0 radical (unpaired) electrons. The largest absolute Gasteiger partial charge is 0.299 e. The van der Waals surface area contributed by atoms with Gasteiger partial charge >= 0.3 is 0 Å². The zero-order chi connectivity index (χ0) is 12.3. The predicted molar refractivity (Wildman–Crippen MR) is 67.7 cm³/mol. The highest BCUT2D eigenvalue weighted by Gasteiger charge is 2.24. The van der Waals surface area contributed by atoms with Crippen LogP contribution in [0.2, 0.25) is 0 Å². The summed E-state index contributed by atoms with van der Waals surface area (Å²) in [5.41, 5.74) is 1.17. The number of aryl methyl sites for hydroxylation is 2. The minimum atomic E-state index is 0.329. The SMILES string of the molecule is CC1CCCC(C(=O)CCc2cnn(C)c2)C1. The van der Waals surface area contributed by atoms with Crippen LogP contribution in [-0.2, 0) is 18.3 Å². The normalized spacial score (nSPS) is 24.8. The molecule has 94 valence electrons. The van der Waals surface area contributed by atoms with E-state index in [4.69, 9.17) is 0 Å². The van der Waals surface area contributed by atoms with Gasteiger partial charge in [0.2, 0.25) is 0 Å². The third-order valence-corrected chi connectivity index (χ3v) is 3.81. The Balaban J connectivity index is 1.80. The first-order valence-electron chi connectivity index (χ1n) is 6.65. The molecule has 17 heavy (non-hydrogen) atoms. The molecule has 1 aromatic rings. The highest BCUT2D eigenvalue weighted by Crippen LogP contribution is 2.30. The number of Topliss-reactive ketones (excluding diaryl/α,β-unsaturated/α-hetero) is 1. The summed E-state index contributed by atoms with van der Waals surface area (Å²) < 4.78 is 1.79. The van der Waals surface area contributed by atoms with Crippen molar-refractivity contribution < 1.29 is 4.79 Å². The van der Waals surface area contributed by atoms with Crippen LogP contribution >= 0.6 is 0 Å². The first-order chi connectivity index (χ1) is 8.15. The predicted octanol–water partition coefficient (Wildman–Crippen LogP) is 2.75. The van der Waals surface area contributed by atoms with E-state index >= 15 is 0 Å². The van der Waals surface area contributed by atoms with E-state index < -0.39 is 0 Å². The van der Waals surface area contributed by atoms with Crippen LogP contribution in [0.4, 0.5) is 0 Å². The fourth-order valence-electron chi connectivity index (χ4n) is 2.80. The summed E-state index contributed by atoms with van der Waals surface area (Å²) in [7, 11) is 1.91. The third-order valence-electron chi connectivity index (χ3n) is 3.81. The van der Waals surface area contributed by atoms with Crippen LogP contribution < -0.4 is 0 Å². The van der Waals surface area contributed by atoms with E-state index in [1.165, 1.54) is 18.4 Å². The van der Waals surface area contributed by atoms with Crippen LogP contribution in [0.5, 0.6) is 0 Å². The summed E-state index contributed by atoms with van der Waals surface area (Å²) in [6.07, 6.45) is 10.1. The average Bonchev–Trinajstić information content (AvgIpc) is 2.72. The molecule has 1 aliphatic carbocycles. The Kier molecular flexibility index (Phi) is 3.97. The van der Waals surface area contributed by atoms with Gasteiger partial charge in [-0.2, -0.15) is 5.10 Å². The molecule has 1 heterocycles. The van der Waals surface area contributed by atoms with Crippen LogP contribution in [0, 0.1) is 11.8 Å². The third kappa shape index (κ3) is 3.42. The van der Waals surface area contributed by atoms with Gasteiger partial charge in [0.05, 0.1) is 6.20 Å². The second-order valence-electron chi connectivity index (χ2n) is 5.46. The Hall–Kier alpha value is -1.12. The average molecular weight is 234 g/mol. The lowest BCUT2D eigenvalue weighted by Crippen LogP contribution is -2.22. The van der Waals surface area contributed by atoms with Gasteiger partial charge in [0.25, 0.3) is 0 Å². The van der Waals surface area contributed by atoms with E-state index in [1.54, 1.807) is 4.68 Å². The van der Waals surface area contributed by atoms with E-state index in [0.717, 1.165) is 25.2 Å². The number of aromatic nitrogens is 2. The van der Waals surface area contributed by atoms with E-state index in [-0.39, 0.29) is 0 Å². The summed E-state index contributed by atoms with van der Waals surface area (Å²) >= 11 is 0. The van der Waals surface area contributed by atoms with Gasteiger partial charge in [-0.25, -0.2) is 0 Å². The zero-order valence-electron chi connectivity index (χ0n) is 10.9. The monoisotopic (exact) mass is 234 g/mol. The molecule has 0 bridgehead atoms. The van der Waals surface area contributed by atoms with Gasteiger partial charge in [-0.3, -0.25) is 9.48 Å². The van der Waals surface area contributed by atoms with Crippen LogP contribution in [-0.4, -0.2) is 15.6 Å². The van der Waals surface area contributed by atoms with Crippen molar-refractivity contribution in [3.63, 3.8) is 0 Å². The summed E-state index contributed by atoms with van der Waals surface area (Å²) in [6.45, 7) is 2.26. The Labute approximate surface area is 103 Å². The fourth-order valence-corrected chi connectivity index (χ4v) is 2.80. The van der Waals surface area contributed by atoms with Gasteiger partial charge < -0.3 is 0 Å². The van der Waals surface area contributed by atoms with E-state index in [9.17, 15) is 4.79 Å². The minimum Gasteiger partial charge on any atom is -0.299 e. The molecule has 1 fully saturated rings. The molecule has 0 N–H and O–H groups in total. The number of hydrogen-bond donors (Lipinski definition) is 0. The summed E-state index contributed by atoms with van der Waals surface area (Å²) in [5, 5.41) is 4.12. The molecule has 2 atom stereocenters. The van der Waals surface area contributed by atoms with Crippen molar-refractivity contribution >= 4 is 5.78 Å². The van der Waals surface area contributed by atoms with Crippen molar-refractivity contribution in [2.75, 3.05) is 0 Å².